The van der Waals surface area contributed by atoms with Crippen molar-refractivity contribution < 1.29 is 23.1 Å². The van der Waals surface area contributed by atoms with Crippen LogP contribution in [0.3, 0.4) is 0 Å². The Balaban J connectivity index is 3.72. The lowest BCUT2D eigenvalue weighted by Gasteiger charge is -2.15. The van der Waals surface area contributed by atoms with E-state index < -0.39 is 24.7 Å². The van der Waals surface area contributed by atoms with Gasteiger partial charge in [0.1, 0.15) is 0 Å². The van der Waals surface area contributed by atoms with E-state index in [9.17, 15) is 18.0 Å². The fourth-order valence-electron chi connectivity index (χ4n) is 0.620. The van der Waals surface area contributed by atoms with E-state index in [0.29, 0.717) is 0 Å². The van der Waals surface area contributed by atoms with Gasteiger partial charge in [0.05, 0.1) is 12.3 Å². The molecule has 3 nitrogen and oxygen atoms in total. The van der Waals surface area contributed by atoms with Crippen LogP contribution in [0.25, 0.3) is 0 Å². The molecule has 0 radical (unpaired) electrons. The van der Waals surface area contributed by atoms with Crippen LogP contribution >= 0.6 is 11.8 Å². The Morgan fingerprint density at radius 2 is 2.00 bits per heavy atom. The van der Waals surface area contributed by atoms with Crippen molar-refractivity contribution >= 4 is 17.7 Å². The number of nitrogens with one attached hydrogen (secondary N) is 1. The number of carbonyl (C=O) groups is 1. The van der Waals surface area contributed by atoms with Crippen molar-refractivity contribution in [2.75, 3.05) is 12.3 Å². The first-order valence-corrected chi connectivity index (χ1v) is 5.41. The molecule has 1 atom stereocenters. The molecule has 0 aromatic carbocycles. The maximum Gasteiger partial charge on any atom is 0.416 e. The van der Waals surface area contributed by atoms with Crippen LogP contribution < -0.4 is 5.32 Å². The van der Waals surface area contributed by atoms with Crippen molar-refractivity contribution in [2.24, 2.45) is 0 Å². The van der Waals surface area contributed by atoms with Gasteiger partial charge >= 0.3 is 6.18 Å². The van der Waals surface area contributed by atoms with Crippen LogP contribution in [0.5, 0.6) is 0 Å². The van der Waals surface area contributed by atoms with Crippen LogP contribution in [-0.2, 0) is 4.79 Å². The lowest BCUT2D eigenvalue weighted by Crippen LogP contribution is -2.41. The quantitative estimate of drug-likeness (QED) is 0.764. The third-order valence-electron chi connectivity index (χ3n) is 1.42. The molecule has 0 aliphatic rings. The van der Waals surface area contributed by atoms with E-state index >= 15 is 0 Å². The molecule has 1 unspecified atom stereocenters. The fraction of sp³-hybridized carbons (Fsp3) is 0.875. The van der Waals surface area contributed by atoms with Gasteiger partial charge in [-0.05, 0) is 5.25 Å². The summed E-state index contributed by atoms with van der Waals surface area (Å²) >= 11 is 1.32. The molecule has 0 rings (SSSR count). The highest BCUT2D eigenvalue weighted by Gasteiger charge is 2.38. The van der Waals surface area contributed by atoms with Crippen LogP contribution in [0, 0.1) is 0 Å². The van der Waals surface area contributed by atoms with Gasteiger partial charge in [0.2, 0.25) is 5.91 Å². The highest BCUT2D eigenvalue weighted by Crippen LogP contribution is 2.19. The van der Waals surface area contributed by atoms with Crippen LogP contribution in [0.4, 0.5) is 13.2 Å². The van der Waals surface area contributed by atoms with Crippen LogP contribution in [0.2, 0.25) is 0 Å². The summed E-state index contributed by atoms with van der Waals surface area (Å²) in [5, 5.41) is 10.8. The summed E-state index contributed by atoms with van der Waals surface area (Å²) in [6.45, 7) is 2.96. The second-order valence-electron chi connectivity index (χ2n) is 3.22. The number of hydrogen-bond donors (Lipinski definition) is 2. The maximum atomic E-state index is 11.8. The lowest BCUT2D eigenvalue weighted by atomic mass is 10.3. The predicted molar refractivity (Wildman–Crippen MR) is 52.7 cm³/mol. The number of thioether (sulfide) groups is 1. The standard InChI is InChI=1S/C8H14F3NO2S/c1-5(2)15-4-7(14)12-3-6(13)8(9,10)11/h5-6,13H,3-4H2,1-2H3,(H,12,14). The summed E-state index contributed by atoms with van der Waals surface area (Å²) in [6.07, 6.45) is -7.18. The summed E-state index contributed by atoms with van der Waals surface area (Å²) in [6, 6.07) is 0. The van der Waals surface area contributed by atoms with Gasteiger partial charge < -0.3 is 10.4 Å². The van der Waals surface area contributed by atoms with Gasteiger partial charge in [-0.2, -0.15) is 13.2 Å². The molecule has 0 saturated heterocycles. The number of carbonyl (C=O) groups excluding carboxylic acids is 1. The van der Waals surface area contributed by atoms with Crippen molar-refractivity contribution in [3.63, 3.8) is 0 Å². The first-order valence-electron chi connectivity index (χ1n) is 4.36. The van der Waals surface area contributed by atoms with E-state index in [4.69, 9.17) is 5.11 Å². The van der Waals surface area contributed by atoms with E-state index in [1.165, 1.54) is 11.8 Å². The number of aliphatic hydroxyl groups excluding tert-OH is 1. The molecule has 2 N–H and O–H groups in total. The fourth-order valence-corrected chi connectivity index (χ4v) is 1.21. The van der Waals surface area contributed by atoms with Crippen molar-refractivity contribution in [3.8, 4) is 0 Å². The highest BCUT2D eigenvalue weighted by molar-refractivity contribution is 8.00. The summed E-state index contributed by atoms with van der Waals surface area (Å²) in [7, 11) is 0. The number of rotatable bonds is 5. The smallest absolute Gasteiger partial charge is 0.382 e. The molecule has 0 aliphatic carbocycles. The van der Waals surface area contributed by atoms with Gasteiger partial charge in [-0.1, -0.05) is 13.8 Å². The van der Waals surface area contributed by atoms with Gasteiger partial charge in [-0.15, -0.1) is 11.8 Å². The van der Waals surface area contributed by atoms with Gasteiger partial charge in [0.25, 0.3) is 0 Å². The summed E-state index contributed by atoms with van der Waals surface area (Å²) in [5.74, 6) is -0.403. The zero-order valence-corrected chi connectivity index (χ0v) is 9.28. The van der Waals surface area contributed by atoms with E-state index in [2.05, 4.69) is 0 Å². The zero-order chi connectivity index (χ0) is 12.1. The summed E-state index contributed by atoms with van der Waals surface area (Å²) in [4.78, 5) is 11.0. The second kappa shape index (κ2) is 6.22. The predicted octanol–water partition coefficient (Wildman–Crippen LogP) is 1.17. The third-order valence-corrected chi connectivity index (χ3v) is 2.51. The largest absolute Gasteiger partial charge is 0.416 e. The molecule has 0 bridgehead atoms. The molecular formula is C8H14F3NO2S. The number of aliphatic hydroxyl groups is 1. The molecule has 0 saturated carbocycles. The Kier molecular flexibility index (Phi) is 6.04. The summed E-state index contributed by atoms with van der Waals surface area (Å²) < 4.78 is 35.4. The first-order chi connectivity index (χ1) is 6.73. The minimum atomic E-state index is -4.68. The average molecular weight is 245 g/mol. The van der Waals surface area contributed by atoms with Crippen LogP contribution in [-0.4, -0.2) is 40.8 Å². The molecule has 15 heavy (non-hydrogen) atoms. The zero-order valence-electron chi connectivity index (χ0n) is 8.47. The van der Waals surface area contributed by atoms with E-state index in [-0.39, 0.29) is 11.0 Å². The Hall–Kier alpha value is -0.430. The topological polar surface area (TPSA) is 49.3 Å². The van der Waals surface area contributed by atoms with E-state index in [1.54, 1.807) is 0 Å². The van der Waals surface area contributed by atoms with Gasteiger partial charge in [-0.25, -0.2) is 0 Å². The third kappa shape index (κ3) is 7.49. The molecule has 0 aliphatic heterocycles. The molecular weight excluding hydrogens is 231 g/mol. The van der Waals surface area contributed by atoms with Crippen molar-refractivity contribution in [1.82, 2.24) is 5.32 Å². The monoisotopic (exact) mass is 245 g/mol. The van der Waals surface area contributed by atoms with Crippen molar-refractivity contribution in [1.29, 1.82) is 0 Å². The second-order valence-corrected chi connectivity index (χ2v) is 4.79. The van der Waals surface area contributed by atoms with E-state index in [0.717, 1.165) is 0 Å². The van der Waals surface area contributed by atoms with E-state index in [1.807, 2.05) is 19.2 Å². The molecule has 0 fully saturated rings. The minimum absolute atomic E-state index is 0.0994. The normalized spacial score (nSPS) is 14.1. The number of hydrogen-bond acceptors (Lipinski definition) is 3. The number of amides is 1. The Morgan fingerprint density at radius 1 is 1.47 bits per heavy atom. The lowest BCUT2D eigenvalue weighted by molar-refractivity contribution is -0.201. The van der Waals surface area contributed by atoms with Gasteiger partial charge in [-0.3, -0.25) is 4.79 Å². The molecule has 0 aromatic heterocycles. The number of alkyl halides is 3. The van der Waals surface area contributed by atoms with Crippen LogP contribution in [0.15, 0.2) is 0 Å². The van der Waals surface area contributed by atoms with Crippen molar-refractivity contribution in [3.05, 3.63) is 0 Å². The highest BCUT2D eigenvalue weighted by atomic mass is 32.2. The minimum Gasteiger partial charge on any atom is -0.382 e. The molecule has 0 heterocycles. The Bertz CT molecular complexity index is 209. The SMILES string of the molecule is CC(C)SCC(=O)NCC(O)C(F)(F)F. The van der Waals surface area contributed by atoms with Gasteiger partial charge in [0.15, 0.2) is 6.10 Å². The molecule has 7 heteroatoms. The summed E-state index contributed by atoms with van der Waals surface area (Å²) in [5.41, 5.74) is 0. The molecule has 0 aromatic rings. The molecule has 90 valence electrons. The average Bonchev–Trinajstić information content (AvgIpc) is 2.09. The van der Waals surface area contributed by atoms with Crippen LogP contribution in [0.1, 0.15) is 13.8 Å². The Morgan fingerprint density at radius 3 is 2.40 bits per heavy atom. The van der Waals surface area contributed by atoms with Crippen molar-refractivity contribution in [2.45, 2.75) is 31.4 Å². The van der Waals surface area contributed by atoms with Gasteiger partial charge in [0, 0.05) is 0 Å². The maximum absolute atomic E-state index is 11.8. The first kappa shape index (κ1) is 14.6. The molecule has 1 amide bonds. The number of halogens is 3. The Labute approximate surface area is 90.4 Å². The molecule has 0 spiro atoms.